The summed E-state index contributed by atoms with van der Waals surface area (Å²) in [4.78, 5) is 16.7. The van der Waals surface area contributed by atoms with E-state index in [2.05, 4.69) is 25.7 Å². The summed E-state index contributed by atoms with van der Waals surface area (Å²) >= 11 is 0. The zero-order valence-electron chi connectivity index (χ0n) is 7.37. The Morgan fingerprint density at radius 2 is 1.27 bits per heavy atom. The molecule has 0 heterocycles. The van der Waals surface area contributed by atoms with E-state index in [1.165, 1.54) is 19.6 Å². The summed E-state index contributed by atoms with van der Waals surface area (Å²) in [5.74, 6) is 0. The van der Waals surface area contributed by atoms with Gasteiger partial charge in [0.05, 0.1) is 0 Å². The molecule has 0 aromatic carbocycles. The maximum absolute atomic E-state index is 8.74. The zero-order chi connectivity index (χ0) is 9.28. The summed E-state index contributed by atoms with van der Waals surface area (Å²) in [5.41, 5.74) is 0. The van der Waals surface area contributed by atoms with Crippen molar-refractivity contribution >= 4 is 8.25 Å². The summed E-state index contributed by atoms with van der Waals surface area (Å²) in [7, 11) is -3.13. The molecule has 0 bridgehead atoms. The molecule has 0 radical (unpaired) electrons. The van der Waals surface area contributed by atoms with E-state index in [4.69, 9.17) is 14.4 Å². The van der Waals surface area contributed by atoms with Crippen molar-refractivity contribution < 1.29 is 14.4 Å². The maximum Gasteiger partial charge on any atom is 0.314 e. The van der Waals surface area contributed by atoms with Crippen LogP contribution in [-0.4, -0.2) is 34.3 Å². The lowest BCUT2D eigenvalue weighted by Crippen LogP contribution is -2.21. The molecule has 0 aliphatic heterocycles. The molecule has 0 amide bonds. The predicted octanol–water partition coefficient (Wildman–Crippen LogP) is 0.709. The Balaban J connectivity index is 0. The molecule has 5 heteroatoms. The Labute approximate surface area is 68.8 Å². The van der Waals surface area contributed by atoms with E-state index in [1.54, 1.807) is 0 Å². The van der Waals surface area contributed by atoms with E-state index in [-0.39, 0.29) is 0 Å². The fraction of sp³-hybridized carbons (Fsp3) is 1.00. The molecule has 0 saturated heterocycles. The molecule has 2 N–H and O–H groups in total. The molecule has 0 atom stereocenters. The monoisotopic (exact) mass is 183 g/mol. The van der Waals surface area contributed by atoms with Crippen LogP contribution in [-0.2, 0) is 4.57 Å². The highest BCUT2D eigenvalue weighted by Crippen LogP contribution is 1.98. The van der Waals surface area contributed by atoms with Gasteiger partial charge >= 0.3 is 8.25 Å². The second kappa shape index (κ2) is 10.1. The second-order valence-electron chi connectivity index (χ2n) is 1.90. The van der Waals surface area contributed by atoms with Crippen LogP contribution in [0.2, 0.25) is 0 Å². The Bertz CT molecular complexity index is 86.3. The van der Waals surface area contributed by atoms with Gasteiger partial charge in [-0.1, -0.05) is 20.8 Å². The van der Waals surface area contributed by atoms with Gasteiger partial charge in [0.2, 0.25) is 0 Å². The summed E-state index contributed by atoms with van der Waals surface area (Å²) in [5, 5.41) is 0. The molecule has 4 nitrogen and oxygen atoms in total. The van der Waals surface area contributed by atoms with Crippen LogP contribution in [0.5, 0.6) is 0 Å². The van der Waals surface area contributed by atoms with Crippen molar-refractivity contribution in [3.05, 3.63) is 0 Å². The smallest absolute Gasteiger partial charge is 0.314 e. The molecule has 0 rings (SSSR count). The fourth-order valence-corrected chi connectivity index (χ4v) is 0.671. The average molecular weight is 183 g/mol. The van der Waals surface area contributed by atoms with Crippen molar-refractivity contribution in [3.63, 3.8) is 0 Å². The molecular weight excluding hydrogens is 165 g/mol. The van der Waals surface area contributed by atoms with Crippen molar-refractivity contribution in [2.75, 3.05) is 19.6 Å². The van der Waals surface area contributed by atoms with Crippen LogP contribution in [0.4, 0.5) is 0 Å². The summed E-state index contributed by atoms with van der Waals surface area (Å²) in [6.45, 7) is 10.1. The average Bonchev–Trinajstić information content (AvgIpc) is 1.90. The number of hydrogen-bond donors (Lipinski definition) is 2. The molecule has 0 aromatic heterocycles. The van der Waals surface area contributed by atoms with E-state index < -0.39 is 8.25 Å². The van der Waals surface area contributed by atoms with Gasteiger partial charge in [-0.3, -0.25) is 4.57 Å². The van der Waals surface area contributed by atoms with Crippen LogP contribution in [0, 0.1) is 0 Å². The van der Waals surface area contributed by atoms with E-state index in [0.29, 0.717) is 0 Å². The summed E-state index contributed by atoms with van der Waals surface area (Å²) in [6, 6.07) is 0. The lowest BCUT2D eigenvalue weighted by Gasteiger charge is -2.13. The van der Waals surface area contributed by atoms with Crippen LogP contribution in [0.1, 0.15) is 20.8 Å². The summed E-state index contributed by atoms with van der Waals surface area (Å²) in [6.07, 6.45) is 0. The highest BCUT2D eigenvalue weighted by molar-refractivity contribution is 7.30. The van der Waals surface area contributed by atoms with Crippen LogP contribution >= 0.6 is 8.25 Å². The van der Waals surface area contributed by atoms with E-state index >= 15 is 0 Å². The van der Waals surface area contributed by atoms with Gasteiger partial charge in [-0.2, -0.15) is 0 Å². The molecule has 0 saturated carbocycles. The molecule has 0 aromatic rings. The largest absolute Gasteiger partial charge is 0.326 e. The molecule has 0 aliphatic rings. The van der Waals surface area contributed by atoms with Gasteiger partial charge in [-0.05, 0) is 19.6 Å². The van der Waals surface area contributed by atoms with E-state index in [1.807, 2.05) is 0 Å². The maximum atomic E-state index is 8.74. The van der Waals surface area contributed by atoms with Crippen LogP contribution in [0.3, 0.4) is 0 Å². The standard InChI is InChI=1S/C6H15N.H3O3P/c1-4-7(5-2)6-3;1-4(2)3/h4-6H2,1-3H3;4H,(H2,1,2,3). The third-order valence-electron chi connectivity index (χ3n) is 1.34. The number of nitrogens with zero attached hydrogens (tertiary/aromatic N) is 1. The SMILES string of the molecule is CCN(CC)CC.O=[PH](O)O. The van der Waals surface area contributed by atoms with Gasteiger partial charge in [0.1, 0.15) is 0 Å². The first-order valence-corrected chi connectivity index (χ1v) is 5.02. The van der Waals surface area contributed by atoms with Crippen molar-refractivity contribution in [1.29, 1.82) is 0 Å². The predicted molar refractivity (Wildman–Crippen MR) is 46.9 cm³/mol. The van der Waals surface area contributed by atoms with Crippen LogP contribution in [0.15, 0.2) is 0 Å². The van der Waals surface area contributed by atoms with Gasteiger partial charge in [0.15, 0.2) is 0 Å². The Morgan fingerprint density at radius 3 is 1.27 bits per heavy atom. The molecule has 0 aliphatic carbocycles. The third-order valence-corrected chi connectivity index (χ3v) is 1.34. The fourth-order valence-electron chi connectivity index (χ4n) is 0.671. The van der Waals surface area contributed by atoms with E-state index in [0.717, 1.165) is 0 Å². The third kappa shape index (κ3) is 17.8. The van der Waals surface area contributed by atoms with Crippen molar-refractivity contribution in [2.24, 2.45) is 0 Å². The minimum absolute atomic E-state index is 1.19. The number of rotatable bonds is 3. The second-order valence-corrected chi connectivity index (χ2v) is 2.47. The van der Waals surface area contributed by atoms with Gasteiger partial charge < -0.3 is 14.7 Å². The molecular formula is C6H18NO3P. The lowest BCUT2D eigenvalue weighted by atomic mass is 10.5. The highest BCUT2D eigenvalue weighted by Gasteiger charge is 1.89. The van der Waals surface area contributed by atoms with Gasteiger partial charge in [0, 0.05) is 0 Å². The first-order chi connectivity index (χ1) is 5.08. The topological polar surface area (TPSA) is 60.8 Å². The quantitative estimate of drug-likeness (QED) is 0.632. The summed E-state index contributed by atoms with van der Waals surface area (Å²) < 4.78 is 8.74. The van der Waals surface area contributed by atoms with Crippen molar-refractivity contribution in [2.45, 2.75) is 20.8 Å². The highest BCUT2D eigenvalue weighted by atomic mass is 31.1. The molecule has 11 heavy (non-hydrogen) atoms. The Kier molecular flexibility index (Phi) is 12.6. The van der Waals surface area contributed by atoms with E-state index in [9.17, 15) is 0 Å². The lowest BCUT2D eigenvalue weighted by molar-refractivity contribution is 0.321. The minimum atomic E-state index is -3.13. The van der Waals surface area contributed by atoms with Crippen molar-refractivity contribution in [3.8, 4) is 0 Å². The Morgan fingerprint density at radius 1 is 1.09 bits per heavy atom. The minimum Gasteiger partial charge on any atom is -0.326 e. The normalized spacial score (nSPS) is 9.73. The van der Waals surface area contributed by atoms with Gasteiger partial charge in [0.25, 0.3) is 0 Å². The van der Waals surface area contributed by atoms with Gasteiger partial charge in [-0.15, -0.1) is 0 Å². The number of hydrogen-bond acceptors (Lipinski definition) is 2. The first kappa shape index (κ1) is 13.7. The van der Waals surface area contributed by atoms with Crippen LogP contribution < -0.4 is 0 Å². The van der Waals surface area contributed by atoms with Crippen LogP contribution in [0.25, 0.3) is 0 Å². The molecule has 0 fully saturated rings. The Hall–Kier alpha value is 0.110. The molecule has 70 valence electrons. The first-order valence-electron chi connectivity index (χ1n) is 3.72. The molecule has 0 unspecified atom stereocenters. The molecule has 0 spiro atoms. The van der Waals surface area contributed by atoms with Gasteiger partial charge in [-0.25, -0.2) is 0 Å². The zero-order valence-corrected chi connectivity index (χ0v) is 8.37. The van der Waals surface area contributed by atoms with Crippen molar-refractivity contribution in [1.82, 2.24) is 4.90 Å².